The molecule has 10 heteroatoms. The third-order valence-electron chi connectivity index (χ3n) is 4.86. The normalized spacial score (nSPS) is 14.4. The molecule has 4 rings (SSSR count). The molecule has 0 bridgehead atoms. The minimum atomic E-state index is -1.24. The quantitative estimate of drug-likeness (QED) is 0.554. The molecule has 1 unspecified atom stereocenters. The third-order valence-corrected chi connectivity index (χ3v) is 4.86. The second kappa shape index (κ2) is 9.35. The molecule has 168 valence electrons. The number of nitrogens with one attached hydrogen (secondary N) is 2. The zero-order chi connectivity index (χ0) is 23.4. The van der Waals surface area contributed by atoms with Crippen LogP contribution in [0.1, 0.15) is 40.6 Å². The van der Waals surface area contributed by atoms with Crippen LogP contribution >= 0.6 is 0 Å². The van der Waals surface area contributed by atoms with Crippen LogP contribution in [0.15, 0.2) is 65.2 Å². The molecule has 2 heterocycles. The number of anilines is 2. The number of ether oxygens (including phenoxy) is 1. The molecular formula is C23H20N4O6. The van der Waals surface area contributed by atoms with Crippen LogP contribution in [0.5, 0.6) is 0 Å². The fourth-order valence-electron chi connectivity index (χ4n) is 3.22. The highest BCUT2D eigenvalue weighted by atomic mass is 16.5. The van der Waals surface area contributed by atoms with Gasteiger partial charge in [0.2, 0.25) is 17.9 Å². The standard InChI is InChI=1S/C23H20N4O6/c1-14-13-18(26-33-14)24-22(30)21(15-5-3-2-4-6-15)32-23(31)16-7-9-17(10-8-16)27-20(29)12-11-19(28)25-27/h2-10,13,21H,11-12H2,1H3,(H,25,28)(H,24,26,30). The van der Waals surface area contributed by atoms with Gasteiger partial charge < -0.3 is 14.6 Å². The lowest BCUT2D eigenvalue weighted by Gasteiger charge is -2.27. The van der Waals surface area contributed by atoms with Crippen LogP contribution in [0.4, 0.5) is 11.5 Å². The number of esters is 1. The summed E-state index contributed by atoms with van der Waals surface area (Å²) >= 11 is 0. The Bertz CT molecular complexity index is 1190. The Morgan fingerprint density at radius 1 is 1.09 bits per heavy atom. The van der Waals surface area contributed by atoms with Crippen LogP contribution in [0.3, 0.4) is 0 Å². The van der Waals surface area contributed by atoms with E-state index in [1.165, 1.54) is 24.3 Å². The number of carbonyl (C=O) groups is 4. The number of hydrazine groups is 1. The van der Waals surface area contributed by atoms with Crippen molar-refractivity contribution in [2.45, 2.75) is 25.9 Å². The maximum absolute atomic E-state index is 12.9. The predicted octanol–water partition coefficient (Wildman–Crippen LogP) is 2.68. The number of nitrogens with zero attached hydrogens (tertiary/aromatic N) is 2. The zero-order valence-electron chi connectivity index (χ0n) is 17.6. The van der Waals surface area contributed by atoms with E-state index >= 15 is 0 Å². The molecule has 0 spiro atoms. The summed E-state index contributed by atoms with van der Waals surface area (Å²) in [6.45, 7) is 1.68. The largest absolute Gasteiger partial charge is 0.444 e. The number of aromatic nitrogens is 1. The number of carbonyl (C=O) groups excluding carboxylic acids is 4. The van der Waals surface area contributed by atoms with Crippen LogP contribution in [-0.2, 0) is 19.1 Å². The van der Waals surface area contributed by atoms with Gasteiger partial charge in [0, 0.05) is 24.5 Å². The van der Waals surface area contributed by atoms with E-state index in [-0.39, 0.29) is 36.0 Å². The second-order valence-corrected chi connectivity index (χ2v) is 7.32. The highest BCUT2D eigenvalue weighted by Crippen LogP contribution is 2.23. The van der Waals surface area contributed by atoms with Crippen molar-refractivity contribution in [3.8, 4) is 0 Å². The van der Waals surface area contributed by atoms with E-state index in [0.29, 0.717) is 17.0 Å². The maximum Gasteiger partial charge on any atom is 0.339 e. The molecule has 0 saturated carbocycles. The molecular weight excluding hydrogens is 428 g/mol. The van der Waals surface area contributed by atoms with Gasteiger partial charge in [-0.1, -0.05) is 35.5 Å². The first kappa shape index (κ1) is 21.8. The lowest BCUT2D eigenvalue weighted by molar-refractivity contribution is -0.130. The van der Waals surface area contributed by atoms with Crippen LogP contribution < -0.4 is 15.8 Å². The Labute approximate surface area is 188 Å². The van der Waals surface area contributed by atoms with Gasteiger partial charge in [-0.05, 0) is 31.2 Å². The van der Waals surface area contributed by atoms with Gasteiger partial charge >= 0.3 is 5.97 Å². The summed E-state index contributed by atoms with van der Waals surface area (Å²) in [4.78, 5) is 49.3. The predicted molar refractivity (Wildman–Crippen MR) is 116 cm³/mol. The first-order valence-electron chi connectivity index (χ1n) is 10.1. The van der Waals surface area contributed by atoms with Crippen LogP contribution in [0, 0.1) is 6.92 Å². The molecule has 2 aromatic carbocycles. The average molecular weight is 448 g/mol. The molecule has 0 aliphatic carbocycles. The summed E-state index contributed by atoms with van der Waals surface area (Å²) in [5.74, 6) is -1.14. The fraction of sp³-hybridized carbons (Fsp3) is 0.174. The monoisotopic (exact) mass is 448 g/mol. The third kappa shape index (κ3) is 5.06. The molecule has 33 heavy (non-hydrogen) atoms. The van der Waals surface area contributed by atoms with Crippen LogP contribution in [0.25, 0.3) is 0 Å². The number of aryl methyl sites for hydroxylation is 1. The van der Waals surface area contributed by atoms with E-state index < -0.39 is 18.0 Å². The van der Waals surface area contributed by atoms with E-state index in [4.69, 9.17) is 9.26 Å². The molecule has 1 fully saturated rings. The summed E-state index contributed by atoms with van der Waals surface area (Å²) < 4.78 is 10.5. The van der Waals surface area contributed by atoms with Gasteiger partial charge in [0.15, 0.2) is 5.82 Å². The smallest absolute Gasteiger partial charge is 0.339 e. The van der Waals surface area contributed by atoms with Crippen molar-refractivity contribution < 1.29 is 28.4 Å². The summed E-state index contributed by atoms with van der Waals surface area (Å²) in [7, 11) is 0. The molecule has 1 saturated heterocycles. The summed E-state index contributed by atoms with van der Waals surface area (Å²) in [6.07, 6.45) is -0.996. The van der Waals surface area contributed by atoms with Crippen molar-refractivity contribution >= 4 is 35.2 Å². The SMILES string of the molecule is Cc1cc(NC(=O)C(OC(=O)c2ccc(N3NC(=O)CCC3=O)cc2)c2ccccc2)no1. The second-order valence-electron chi connectivity index (χ2n) is 7.32. The molecule has 0 radical (unpaired) electrons. The minimum absolute atomic E-state index is 0.106. The summed E-state index contributed by atoms with van der Waals surface area (Å²) in [5, 5.41) is 7.44. The highest BCUT2D eigenvalue weighted by Gasteiger charge is 2.28. The lowest BCUT2D eigenvalue weighted by atomic mass is 10.1. The summed E-state index contributed by atoms with van der Waals surface area (Å²) in [5.41, 5.74) is 3.53. The number of hydrogen-bond acceptors (Lipinski definition) is 7. The topological polar surface area (TPSA) is 131 Å². The van der Waals surface area contributed by atoms with Gasteiger partial charge in [-0.25, -0.2) is 9.80 Å². The van der Waals surface area contributed by atoms with Gasteiger partial charge in [-0.2, -0.15) is 0 Å². The van der Waals surface area contributed by atoms with E-state index in [1.807, 2.05) is 0 Å². The van der Waals surface area contributed by atoms with Crippen molar-refractivity contribution in [3.63, 3.8) is 0 Å². The van der Waals surface area contributed by atoms with Crippen molar-refractivity contribution in [1.29, 1.82) is 0 Å². The van der Waals surface area contributed by atoms with Crippen molar-refractivity contribution in [1.82, 2.24) is 10.6 Å². The minimum Gasteiger partial charge on any atom is -0.444 e. The highest BCUT2D eigenvalue weighted by molar-refractivity contribution is 6.02. The molecule has 1 aliphatic heterocycles. The zero-order valence-corrected chi connectivity index (χ0v) is 17.6. The van der Waals surface area contributed by atoms with Crippen molar-refractivity contribution in [3.05, 3.63) is 77.6 Å². The number of benzene rings is 2. The van der Waals surface area contributed by atoms with Gasteiger partial charge in [0.05, 0.1) is 11.3 Å². The Morgan fingerprint density at radius 3 is 2.48 bits per heavy atom. The molecule has 2 N–H and O–H groups in total. The van der Waals surface area contributed by atoms with Gasteiger partial charge in [-0.3, -0.25) is 19.8 Å². The Kier molecular flexibility index (Phi) is 6.16. The van der Waals surface area contributed by atoms with Crippen LogP contribution in [0.2, 0.25) is 0 Å². The first-order chi connectivity index (χ1) is 15.9. The van der Waals surface area contributed by atoms with Gasteiger partial charge in [-0.15, -0.1) is 0 Å². The van der Waals surface area contributed by atoms with Crippen molar-refractivity contribution in [2.75, 3.05) is 10.3 Å². The van der Waals surface area contributed by atoms with Gasteiger partial charge in [0.25, 0.3) is 5.91 Å². The maximum atomic E-state index is 12.9. The number of hydrogen-bond donors (Lipinski definition) is 2. The van der Waals surface area contributed by atoms with Gasteiger partial charge in [0.1, 0.15) is 5.76 Å². The Balaban J connectivity index is 1.51. The molecule has 1 aliphatic rings. The van der Waals surface area contributed by atoms with E-state index in [1.54, 1.807) is 43.3 Å². The molecule has 10 nitrogen and oxygen atoms in total. The fourth-order valence-corrected chi connectivity index (χ4v) is 3.22. The molecule has 1 atom stereocenters. The van der Waals surface area contributed by atoms with E-state index in [2.05, 4.69) is 15.9 Å². The number of amides is 3. The van der Waals surface area contributed by atoms with Crippen LogP contribution in [-0.4, -0.2) is 28.8 Å². The van der Waals surface area contributed by atoms with E-state index in [9.17, 15) is 19.2 Å². The Morgan fingerprint density at radius 2 is 1.82 bits per heavy atom. The first-order valence-corrected chi connectivity index (χ1v) is 10.1. The van der Waals surface area contributed by atoms with E-state index in [0.717, 1.165) is 5.01 Å². The van der Waals surface area contributed by atoms with Crippen molar-refractivity contribution in [2.24, 2.45) is 0 Å². The molecule has 3 amide bonds. The lowest BCUT2D eigenvalue weighted by Crippen LogP contribution is -2.50. The average Bonchev–Trinajstić information content (AvgIpc) is 3.23. The molecule has 1 aromatic heterocycles. The summed E-state index contributed by atoms with van der Waals surface area (Å²) in [6, 6.07) is 16.0. The molecule has 3 aromatic rings. The number of rotatable bonds is 6. The Hall–Kier alpha value is -4.47.